The number of fused-ring (bicyclic) bond motifs is 6. The number of nitriles is 2. The molecule has 36 heavy (non-hydrogen) atoms. The standard InChI is InChI=1S/C30H16N6/c31-15-19-12-25-23-8-1-3-10-27(23)35(29(25)17-33-19)21-6-5-7-22(14-21)36-28-11-4-2-9-24(28)26-13-20(16-32)34-18-30(26)36/h1-14,17-18H. The normalized spacial score (nSPS) is 11.3. The van der Waals surface area contributed by atoms with E-state index in [1.54, 1.807) is 12.4 Å². The van der Waals surface area contributed by atoms with Gasteiger partial charge in [0.05, 0.1) is 34.5 Å². The average Bonchev–Trinajstić information content (AvgIpc) is 3.45. The van der Waals surface area contributed by atoms with Crippen molar-refractivity contribution in [2.45, 2.75) is 0 Å². The molecule has 0 aliphatic carbocycles. The van der Waals surface area contributed by atoms with Crippen LogP contribution in [-0.4, -0.2) is 19.1 Å². The maximum absolute atomic E-state index is 9.40. The first-order valence-electron chi connectivity index (χ1n) is 11.5. The van der Waals surface area contributed by atoms with E-state index in [1.165, 1.54) is 0 Å². The molecule has 0 unspecified atom stereocenters. The molecule has 4 heterocycles. The molecule has 0 saturated heterocycles. The van der Waals surface area contributed by atoms with Gasteiger partial charge in [0.15, 0.2) is 0 Å². The van der Waals surface area contributed by atoms with Gasteiger partial charge >= 0.3 is 0 Å². The Morgan fingerprint density at radius 2 is 0.972 bits per heavy atom. The number of rotatable bonds is 2. The van der Waals surface area contributed by atoms with Crippen molar-refractivity contribution >= 4 is 43.6 Å². The van der Waals surface area contributed by atoms with E-state index in [-0.39, 0.29) is 0 Å². The topological polar surface area (TPSA) is 83.2 Å². The highest BCUT2D eigenvalue weighted by molar-refractivity contribution is 6.10. The van der Waals surface area contributed by atoms with Crippen molar-refractivity contribution in [3.05, 3.63) is 109 Å². The lowest BCUT2D eigenvalue weighted by atomic mass is 10.2. The molecular formula is C30H16N6. The summed E-state index contributed by atoms with van der Waals surface area (Å²) >= 11 is 0. The second-order valence-corrected chi connectivity index (χ2v) is 8.62. The molecule has 0 aliphatic rings. The van der Waals surface area contributed by atoms with Crippen molar-refractivity contribution in [3.63, 3.8) is 0 Å². The number of hydrogen-bond acceptors (Lipinski definition) is 4. The number of aromatic nitrogens is 4. The Morgan fingerprint density at radius 3 is 1.44 bits per heavy atom. The summed E-state index contributed by atoms with van der Waals surface area (Å²) in [5, 5.41) is 22.9. The van der Waals surface area contributed by atoms with Gasteiger partial charge in [-0.2, -0.15) is 10.5 Å². The Morgan fingerprint density at radius 1 is 0.500 bits per heavy atom. The van der Waals surface area contributed by atoms with Crippen LogP contribution < -0.4 is 0 Å². The quantitative estimate of drug-likeness (QED) is 0.298. The maximum atomic E-state index is 9.40. The van der Waals surface area contributed by atoms with E-state index in [9.17, 15) is 10.5 Å². The van der Waals surface area contributed by atoms with Crippen LogP contribution in [0, 0.1) is 22.7 Å². The van der Waals surface area contributed by atoms with Gasteiger partial charge in [0, 0.05) is 32.9 Å². The van der Waals surface area contributed by atoms with E-state index in [4.69, 9.17) is 0 Å². The van der Waals surface area contributed by atoms with E-state index >= 15 is 0 Å². The van der Waals surface area contributed by atoms with E-state index in [2.05, 4.69) is 73.7 Å². The van der Waals surface area contributed by atoms with Crippen molar-refractivity contribution in [1.82, 2.24) is 19.1 Å². The minimum atomic E-state index is 0.397. The van der Waals surface area contributed by atoms with Crippen LogP contribution in [0.5, 0.6) is 0 Å². The Kier molecular flexibility index (Phi) is 4.17. The molecule has 0 radical (unpaired) electrons. The molecule has 3 aromatic carbocycles. The summed E-state index contributed by atoms with van der Waals surface area (Å²) < 4.78 is 4.37. The fourth-order valence-corrected chi connectivity index (χ4v) is 5.19. The van der Waals surface area contributed by atoms with Crippen LogP contribution in [0.25, 0.3) is 55.0 Å². The molecule has 7 aromatic rings. The van der Waals surface area contributed by atoms with E-state index in [0.29, 0.717) is 11.4 Å². The van der Waals surface area contributed by atoms with Crippen LogP contribution in [0.2, 0.25) is 0 Å². The van der Waals surface area contributed by atoms with E-state index < -0.39 is 0 Å². The zero-order chi connectivity index (χ0) is 24.2. The second-order valence-electron chi connectivity index (χ2n) is 8.62. The Labute approximate surface area is 205 Å². The third-order valence-corrected chi connectivity index (χ3v) is 6.69. The first kappa shape index (κ1) is 20.0. The van der Waals surface area contributed by atoms with Gasteiger partial charge in [0.25, 0.3) is 0 Å². The van der Waals surface area contributed by atoms with Gasteiger partial charge in [-0.05, 0) is 42.5 Å². The van der Waals surface area contributed by atoms with Gasteiger partial charge in [-0.15, -0.1) is 0 Å². The molecular weight excluding hydrogens is 444 g/mol. The van der Waals surface area contributed by atoms with Crippen molar-refractivity contribution in [3.8, 4) is 23.5 Å². The highest BCUT2D eigenvalue weighted by atomic mass is 15.0. The van der Waals surface area contributed by atoms with Crippen LogP contribution >= 0.6 is 0 Å². The molecule has 0 fully saturated rings. The molecule has 0 spiro atoms. The highest BCUT2D eigenvalue weighted by Crippen LogP contribution is 2.35. The van der Waals surface area contributed by atoms with Crippen molar-refractivity contribution in [2.75, 3.05) is 0 Å². The molecule has 0 bridgehead atoms. The average molecular weight is 461 g/mol. The molecule has 0 N–H and O–H groups in total. The number of hydrogen-bond donors (Lipinski definition) is 0. The third kappa shape index (κ3) is 2.76. The van der Waals surface area contributed by atoms with Crippen LogP contribution in [-0.2, 0) is 0 Å². The Balaban J connectivity index is 1.53. The molecule has 0 amide bonds. The predicted molar refractivity (Wildman–Crippen MR) is 140 cm³/mol. The van der Waals surface area contributed by atoms with E-state index in [0.717, 1.165) is 55.0 Å². The monoisotopic (exact) mass is 460 g/mol. The third-order valence-electron chi connectivity index (χ3n) is 6.69. The van der Waals surface area contributed by atoms with Crippen molar-refractivity contribution in [2.24, 2.45) is 0 Å². The van der Waals surface area contributed by atoms with Crippen LogP contribution in [0.15, 0.2) is 97.3 Å². The summed E-state index contributed by atoms with van der Waals surface area (Å²) in [4.78, 5) is 8.71. The lowest BCUT2D eigenvalue weighted by Crippen LogP contribution is -1.99. The molecule has 7 rings (SSSR count). The SMILES string of the molecule is N#Cc1cc2c3ccccc3n(-c3cccc(-n4c5ccccc5c5cc(C#N)ncc54)c3)c2cn1. The largest absolute Gasteiger partial charge is 0.308 e. The zero-order valence-corrected chi connectivity index (χ0v) is 18.9. The molecule has 166 valence electrons. The molecule has 0 saturated carbocycles. The smallest absolute Gasteiger partial charge is 0.141 e. The fraction of sp³-hybridized carbons (Fsp3) is 0. The van der Waals surface area contributed by atoms with Gasteiger partial charge < -0.3 is 9.13 Å². The summed E-state index contributed by atoms with van der Waals surface area (Å²) in [6.45, 7) is 0. The summed E-state index contributed by atoms with van der Waals surface area (Å²) in [5.74, 6) is 0. The summed E-state index contributed by atoms with van der Waals surface area (Å²) in [7, 11) is 0. The summed E-state index contributed by atoms with van der Waals surface area (Å²) in [6, 6.07) is 32.7. The first-order valence-corrected chi connectivity index (χ1v) is 11.5. The number of nitrogens with zero attached hydrogens (tertiary/aromatic N) is 6. The Hall–Kier alpha value is -5.46. The second kappa shape index (κ2) is 7.53. The molecule has 6 heteroatoms. The minimum Gasteiger partial charge on any atom is -0.308 e. The number of benzene rings is 3. The van der Waals surface area contributed by atoms with Crippen LogP contribution in [0.3, 0.4) is 0 Å². The van der Waals surface area contributed by atoms with Crippen LogP contribution in [0.4, 0.5) is 0 Å². The maximum Gasteiger partial charge on any atom is 0.141 e. The Bertz CT molecular complexity index is 1930. The lowest BCUT2D eigenvalue weighted by Gasteiger charge is -2.12. The van der Waals surface area contributed by atoms with Gasteiger partial charge in [0.2, 0.25) is 0 Å². The van der Waals surface area contributed by atoms with Gasteiger partial charge in [-0.25, -0.2) is 9.97 Å². The summed E-state index contributed by atoms with van der Waals surface area (Å²) in [5.41, 5.74) is 6.73. The predicted octanol–water partition coefficient (Wildman–Crippen LogP) is 6.41. The summed E-state index contributed by atoms with van der Waals surface area (Å²) in [6.07, 6.45) is 3.54. The molecule has 4 aromatic heterocycles. The van der Waals surface area contributed by atoms with Gasteiger partial charge in [0.1, 0.15) is 23.5 Å². The minimum absolute atomic E-state index is 0.397. The number of pyridine rings is 2. The number of para-hydroxylation sites is 2. The highest BCUT2D eigenvalue weighted by Gasteiger charge is 2.16. The van der Waals surface area contributed by atoms with Crippen LogP contribution in [0.1, 0.15) is 11.4 Å². The van der Waals surface area contributed by atoms with Gasteiger partial charge in [-0.1, -0.05) is 42.5 Å². The zero-order valence-electron chi connectivity index (χ0n) is 18.9. The van der Waals surface area contributed by atoms with Crippen molar-refractivity contribution < 1.29 is 0 Å². The lowest BCUT2D eigenvalue weighted by molar-refractivity contribution is 1.12. The first-order chi connectivity index (χ1) is 17.8. The van der Waals surface area contributed by atoms with Gasteiger partial charge in [-0.3, -0.25) is 0 Å². The van der Waals surface area contributed by atoms with Crippen molar-refractivity contribution in [1.29, 1.82) is 10.5 Å². The van der Waals surface area contributed by atoms with E-state index in [1.807, 2.05) is 42.5 Å². The molecule has 0 atom stereocenters. The fourth-order valence-electron chi connectivity index (χ4n) is 5.19. The molecule has 0 aliphatic heterocycles. The molecule has 6 nitrogen and oxygen atoms in total.